The van der Waals surface area contributed by atoms with Crippen LogP contribution in [0.1, 0.15) is 0 Å². The van der Waals surface area contributed by atoms with Crippen LogP contribution in [0.5, 0.6) is 0 Å². The summed E-state index contributed by atoms with van der Waals surface area (Å²) in [4.78, 5) is 4.44. The van der Waals surface area contributed by atoms with Crippen molar-refractivity contribution < 1.29 is 0 Å². The van der Waals surface area contributed by atoms with Gasteiger partial charge < -0.3 is 0 Å². The van der Waals surface area contributed by atoms with Crippen LogP contribution in [0, 0.1) is 3.70 Å². The van der Waals surface area contributed by atoms with Crippen LogP contribution in [-0.4, -0.2) is 4.98 Å². The second-order valence-corrected chi connectivity index (χ2v) is 8.52. The molecule has 0 atom stereocenters. The summed E-state index contributed by atoms with van der Waals surface area (Å²) in [5.74, 6) is 0. The maximum absolute atomic E-state index is 6.34. The van der Waals surface area contributed by atoms with E-state index in [1.165, 1.54) is 0 Å². The molecule has 0 aliphatic rings. The zero-order chi connectivity index (χ0) is 18.3. The molecule has 3 aromatic rings. The first-order chi connectivity index (χ1) is 11.8. The van der Waals surface area contributed by atoms with Gasteiger partial charge in [-0.1, -0.05) is 69.6 Å². The molecule has 0 N–H and O–H groups in total. The summed E-state index contributed by atoms with van der Waals surface area (Å²) in [5, 5.41) is 2.56. The summed E-state index contributed by atoms with van der Waals surface area (Å²) in [7, 11) is 0. The Morgan fingerprint density at radius 1 is 0.560 bits per heavy atom. The Morgan fingerprint density at radius 2 is 1.04 bits per heavy atom. The summed E-state index contributed by atoms with van der Waals surface area (Å²) in [5.41, 5.74) is 3.04. The van der Waals surface area contributed by atoms with Crippen molar-refractivity contribution in [2.24, 2.45) is 0 Å². The fourth-order valence-electron chi connectivity index (χ4n) is 2.26. The van der Waals surface area contributed by atoms with E-state index >= 15 is 0 Å². The lowest BCUT2D eigenvalue weighted by molar-refractivity contribution is 1.27. The van der Waals surface area contributed by atoms with E-state index in [4.69, 9.17) is 69.6 Å². The summed E-state index contributed by atoms with van der Waals surface area (Å²) in [6, 6.07) is 8.55. The standard InChI is InChI=1S/C17H6Cl6IN/c18-11-4-15(22)13(20)2-8(11)7-1-10(17(24)25-6-7)9-3-14(21)16(23)5-12(9)19/h1-6H. The molecule has 0 fully saturated rings. The maximum Gasteiger partial charge on any atom is 0.109 e. The van der Waals surface area contributed by atoms with Crippen molar-refractivity contribution in [1.29, 1.82) is 0 Å². The molecule has 3 rings (SSSR count). The highest BCUT2D eigenvalue weighted by molar-refractivity contribution is 14.1. The lowest BCUT2D eigenvalue weighted by Crippen LogP contribution is -1.92. The molecule has 0 radical (unpaired) electrons. The Morgan fingerprint density at radius 3 is 1.64 bits per heavy atom. The van der Waals surface area contributed by atoms with E-state index in [1.54, 1.807) is 30.5 Å². The normalized spacial score (nSPS) is 11.0. The van der Waals surface area contributed by atoms with Crippen molar-refractivity contribution in [1.82, 2.24) is 4.98 Å². The summed E-state index contributed by atoms with van der Waals surface area (Å²) >= 11 is 39.1. The van der Waals surface area contributed by atoms with Gasteiger partial charge in [0, 0.05) is 28.5 Å². The minimum atomic E-state index is 0.390. The molecule has 128 valence electrons. The van der Waals surface area contributed by atoms with Gasteiger partial charge in [-0.15, -0.1) is 0 Å². The van der Waals surface area contributed by atoms with Gasteiger partial charge in [-0.25, -0.2) is 4.98 Å². The smallest absolute Gasteiger partial charge is 0.109 e. The average molecular weight is 564 g/mol. The molecular weight excluding hydrogens is 558 g/mol. The van der Waals surface area contributed by atoms with Crippen LogP contribution in [0.25, 0.3) is 22.3 Å². The molecule has 0 aliphatic heterocycles. The molecule has 1 aromatic heterocycles. The van der Waals surface area contributed by atoms with Gasteiger partial charge in [0.05, 0.1) is 30.1 Å². The lowest BCUT2D eigenvalue weighted by Gasteiger charge is -2.12. The average Bonchev–Trinajstić information content (AvgIpc) is 2.55. The highest BCUT2D eigenvalue weighted by Gasteiger charge is 2.15. The number of benzene rings is 2. The van der Waals surface area contributed by atoms with Crippen molar-refractivity contribution >= 4 is 92.2 Å². The van der Waals surface area contributed by atoms with Crippen LogP contribution < -0.4 is 0 Å². The quantitative estimate of drug-likeness (QED) is 0.172. The first-order valence-electron chi connectivity index (χ1n) is 6.73. The van der Waals surface area contributed by atoms with Crippen LogP contribution in [0.2, 0.25) is 30.1 Å². The number of pyridine rings is 1. The third-order valence-corrected chi connectivity index (χ3v) is 6.39. The largest absolute Gasteiger partial charge is 0.249 e. The van der Waals surface area contributed by atoms with Gasteiger partial charge in [-0.2, -0.15) is 0 Å². The van der Waals surface area contributed by atoms with Gasteiger partial charge in [0.15, 0.2) is 0 Å². The molecule has 1 nitrogen and oxygen atoms in total. The van der Waals surface area contributed by atoms with Gasteiger partial charge in [-0.05, 0) is 52.9 Å². The van der Waals surface area contributed by atoms with E-state index in [1.807, 2.05) is 6.07 Å². The molecule has 0 bridgehead atoms. The van der Waals surface area contributed by atoms with E-state index in [0.717, 1.165) is 26.0 Å². The number of hydrogen-bond donors (Lipinski definition) is 0. The van der Waals surface area contributed by atoms with Crippen LogP contribution in [0.3, 0.4) is 0 Å². The van der Waals surface area contributed by atoms with Crippen LogP contribution >= 0.6 is 92.2 Å². The number of aromatic nitrogens is 1. The molecule has 0 aliphatic carbocycles. The number of nitrogens with zero attached hydrogens (tertiary/aromatic N) is 1. The summed E-state index contributed by atoms with van der Waals surface area (Å²) in [6.45, 7) is 0. The first kappa shape index (κ1) is 19.8. The maximum atomic E-state index is 6.34. The SMILES string of the molecule is Clc1cc(Cl)c(-c2cnc(I)c(-c3cc(Cl)c(Cl)cc3Cl)c2)cc1Cl. The zero-order valence-corrected chi connectivity index (χ0v) is 18.8. The van der Waals surface area contributed by atoms with Gasteiger partial charge in [-0.3, -0.25) is 0 Å². The van der Waals surface area contributed by atoms with Gasteiger partial charge in [0.1, 0.15) is 3.70 Å². The fraction of sp³-hybridized carbons (Fsp3) is 0. The summed E-state index contributed by atoms with van der Waals surface area (Å²) in [6.07, 6.45) is 1.71. The second-order valence-electron chi connectivity index (χ2n) is 5.05. The molecule has 0 saturated heterocycles. The van der Waals surface area contributed by atoms with E-state index in [2.05, 4.69) is 27.6 Å². The molecule has 25 heavy (non-hydrogen) atoms. The predicted molar refractivity (Wildman–Crippen MR) is 118 cm³/mol. The minimum absolute atomic E-state index is 0.390. The van der Waals surface area contributed by atoms with Crippen molar-refractivity contribution in [3.05, 3.63) is 70.4 Å². The van der Waals surface area contributed by atoms with Gasteiger partial charge in [0.25, 0.3) is 0 Å². The Labute approximate surface area is 188 Å². The molecular formula is C17H6Cl6IN. The van der Waals surface area contributed by atoms with Crippen LogP contribution in [0.15, 0.2) is 36.5 Å². The number of rotatable bonds is 2. The number of hydrogen-bond acceptors (Lipinski definition) is 1. The minimum Gasteiger partial charge on any atom is -0.249 e. The van der Waals surface area contributed by atoms with Gasteiger partial charge in [0.2, 0.25) is 0 Å². The first-order valence-corrected chi connectivity index (χ1v) is 10.1. The second kappa shape index (κ2) is 7.97. The van der Waals surface area contributed by atoms with E-state index in [9.17, 15) is 0 Å². The fourth-order valence-corrected chi connectivity index (χ4v) is 4.15. The Balaban J connectivity index is 2.21. The summed E-state index contributed by atoms with van der Waals surface area (Å²) < 4.78 is 0.762. The van der Waals surface area contributed by atoms with Gasteiger partial charge >= 0.3 is 0 Å². The van der Waals surface area contributed by atoms with Crippen LogP contribution in [-0.2, 0) is 0 Å². The zero-order valence-electron chi connectivity index (χ0n) is 12.1. The molecule has 8 heteroatoms. The molecule has 0 unspecified atom stereocenters. The highest BCUT2D eigenvalue weighted by atomic mass is 127. The lowest BCUT2D eigenvalue weighted by atomic mass is 10.0. The predicted octanol–water partition coefficient (Wildman–Crippen LogP) is 8.94. The van der Waals surface area contributed by atoms with Crippen LogP contribution in [0.4, 0.5) is 0 Å². The van der Waals surface area contributed by atoms with Crippen molar-refractivity contribution in [3.63, 3.8) is 0 Å². The Hall–Kier alpha value is 0.0600. The molecule has 0 amide bonds. The molecule has 0 spiro atoms. The Kier molecular flexibility index (Phi) is 6.32. The molecule has 2 aromatic carbocycles. The highest BCUT2D eigenvalue weighted by Crippen LogP contribution is 2.40. The third kappa shape index (κ3) is 4.16. The van der Waals surface area contributed by atoms with Crippen molar-refractivity contribution in [2.45, 2.75) is 0 Å². The monoisotopic (exact) mass is 561 g/mol. The van der Waals surface area contributed by atoms with E-state index < -0.39 is 0 Å². The number of halogens is 7. The Bertz CT molecular complexity index is 989. The molecule has 0 saturated carbocycles. The third-order valence-electron chi connectivity index (χ3n) is 3.46. The van der Waals surface area contributed by atoms with E-state index in [-0.39, 0.29) is 0 Å². The van der Waals surface area contributed by atoms with E-state index in [0.29, 0.717) is 30.1 Å². The van der Waals surface area contributed by atoms with Crippen molar-refractivity contribution in [3.8, 4) is 22.3 Å². The van der Waals surface area contributed by atoms with Crippen molar-refractivity contribution in [2.75, 3.05) is 0 Å². The molecule has 1 heterocycles. The topological polar surface area (TPSA) is 12.9 Å².